The van der Waals surface area contributed by atoms with Crippen molar-refractivity contribution in [2.45, 2.75) is 57.5 Å². The quantitative estimate of drug-likeness (QED) is 0.632. The largest absolute Gasteiger partial charge is 0.426 e. The molecule has 2 unspecified atom stereocenters. The molecule has 0 aromatic heterocycles. The Hall–Kier alpha value is -2.16. The summed E-state index contributed by atoms with van der Waals surface area (Å²) in [5, 5.41) is 0. The summed E-state index contributed by atoms with van der Waals surface area (Å²) in [5.41, 5.74) is 6.97. The van der Waals surface area contributed by atoms with E-state index in [0.29, 0.717) is 17.7 Å². The first-order valence-electron chi connectivity index (χ1n) is 10.1. The number of hydrogen-bond acceptors (Lipinski definition) is 8. The summed E-state index contributed by atoms with van der Waals surface area (Å²) >= 11 is 0. The van der Waals surface area contributed by atoms with Gasteiger partial charge in [-0.3, -0.25) is 9.32 Å². The highest BCUT2D eigenvalue weighted by Crippen LogP contribution is 2.41. The Bertz CT molecular complexity index is 915. The fourth-order valence-corrected chi connectivity index (χ4v) is 4.50. The third-order valence-corrected chi connectivity index (χ3v) is 6.05. The van der Waals surface area contributed by atoms with Crippen LogP contribution in [0.2, 0.25) is 0 Å². The van der Waals surface area contributed by atoms with Gasteiger partial charge in [-0.25, -0.2) is 4.57 Å². The highest BCUT2D eigenvalue weighted by Gasteiger charge is 2.56. The number of ether oxygens (including phenoxy) is 3. The van der Waals surface area contributed by atoms with Crippen LogP contribution in [0.5, 0.6) is 5.75 Å². The van der Waals surface area contributed by atoms with E-state index in [1.165, 1.54) is 0 Å². The van der Waals surface area contributed by atoms with Crippen molar-refractivity contribution in [1.29, 1.82) is 0 Å². The average molecular weight is 450 g/mol. The van der Waals surface area contributed by atoms with Gasteiger partial charge in [0.2, 0.25) is 5.91 Å². The van der Waals surface area contributed by atoms with Crippen LogP contribution in [0.4, 0.5) is 0 Å². The lowest BCUT2D eigenvalue weighted by atomic mass is 10.1. The van der Waals surface area contributed by atoms with E-state index in [4.69, 9.17) is 29.0 Å². The zero-order valence-electron chi connectivity index (χ0n) is 17.6. The monoisotopic (exact) mass is 450 g/mol. The second kappa shape index (κ2) is 8.76. The van der Waals surface area contributed by atoms with Crippen molar-refractivity contribution < 1.29 is 32.6 Å². The van der Waals surface area contributed by atoms with Gasteiger partial charge in [0.15, 0.2) is 12.0 Å². The van der Waals surface area contributed by atoms with Gasteiger partial charge in [-0.05, 0) is 39.3 Å². The molecule has 5 atom stereocenters. The number of carbonyl (C=O) groups excluding carboxylic acids is 1. The molecule has 2 fully saturated rings. The molecule has 168 valence electrons. The minimum Gasteiger partial charge on any atom is -0.426 e. The van der Waals surface area contributed by atoms with Crippen molar-refractivity contribution in [3.8, 4) is 5.75 Å². The first-order chi connectivity index (χ1) is 14.7. The maximum atomic E-state index is 12.3. The molecule has 0 radical (unpaired) electrons. The number of carbonyl (C=O) groups is 1. The molecule has 0 aliphatic carbocycles. The van der Waals surface area contributed by atoms with Crippen molar-refractivity contribution in [3.63, 3.8) is 0 Å². The number of benzene rings is 1. The van der Waals surface area contributed by atoms with Gasteiger partial charge in [-0.15, -0.1) is 0 Å². The van der Waals surface area contributed by atoms with Crippen LogP contribution in [0.1, 0.15) is 25.8 Å². The van der Waals surface area contributed by atoms with Crippen molar-refractivity contribution in [1.82, 2.24) is 4.90 Å². The number of amides is 1. The van der Waals surface area contributed by atoms with Crippen molar-refractivity contribution in [3.05, 3.63) is 53.9 Å². The molecule has 2 N–H and O–H groups in total. The molecule has 1 aromatic rings. The molecular formula is C21H27N2O7P. The Kier molecular flexibility index (Phi) is 6.23. The molecule has 3 heterocycles. The normalized spacial score (nSPS) is 30.0. The number of nitrogens with two attached hydrogens (primary N) is 1. The molecule has 0 saturated carbocycles. The van der Waals surface area contributed by atoms with E-state index in [9.17, 15) is 9.36 Å². The molecule has 0 spiro atoms. The summed E-state index contributed by atoms with van der Waals surface area (Å²) in [6, 6.07) is 7.21. The van der Waals surface area contributed by atoms with Gasteiger partial charge in [-0.1, -0.05) is 23.8 Å². The maximum Gasteiger partial charge on any atom is 0.367 e. The highest BCUT2D eigenvalue weighted by atomic mass is 31.1. The van der Waals surface area contributed by atoms with Crippen molar-refractivity contribution in [2.75, 3.05) is 6.61 Å². The van der Waals surface area contributed by atoms with Crippen LogP contribution in [0, 0.1) is 6.92 Å². The number of hydrogen-bond donors (Lipinski definition) is 1. The van der Waals surface area contributed by atoms with E-state index < -0.39 is 44.5 Å². The van der Waals surface area contributed by atoms with Crippen LogP contribution in [-0.4, -0.2) is 47.7 Å². The van der Waals surface area contributed by atoms with Gasteiger partial charge in [-0.2, -0.15) is 0 Å². The second-order valence-electron chi connectivity index (χ2n) is 8.16. The average Bonchev–Trinajstić information content (AvgIpc) is 3.21. The molecule has 3 aliphatic rings. The van der Waals surface area contributed by atoms with Gasteiger partial charge in [0, 0.05) is 18.0 Å². The van der Waals surface area contributed by atoms with E-state index in [-0.39, 0.29) is 6.61 Å². The number of aryl methyl sites for hydroxylation is 1. The Morgan fingerprint density at radius 3 is 2.68 bits per heavy atom. The SMILES string of the molecule is Cc1ccc(O[PH](=O)OCC2O[C@@H](N3C=CCC(C(N)=O)=C3)[C@@H]3OC(C)(C)O[C@H]23)cc1. The molecule has 31 heavy (non-hydrogen) atoms. The van der Waals surface area contributed by atoms with E-state index in [1.54, 1.807) is 23.2 Å². The fourth-order valence-electron chi connectivity index (χ4n) is 3.82. The van der Waals surface area contributed by atoms with Gasteiger partial charge in [0.1, 0.15) is 24.1 Å². The number of allylic oxidation sites excluding steroid dienone is 1. The highest BCUT2D eigenvalue weighted by molar-refractivity contribution is 7.33. The Balaban J connectivity index is 1.42. The van der Waals surface area contributed by atoms with Crippen molar-refractivity contribution >= 4 is 14.2 Å². The first kappa shape index (κ1) is 22.0. The standard InChI is InChI=1S/C21H27N2O7P/c1-13-6-8-15(9-7-13)30-31(25)26-12-16-17-18(29-21(2,3)28-17)20(27-16)23-10-4-5-14(11-23)19(22)24/h4,6-11,16-18,20,31H,5,12H2,1-3H3,(H2,22,24)/t16?,17-,18-,20-/m1/s1. The van der Waals surface area contributed by atoms with Crippen LogP contribution < -0.4 is 10.3 Å². The summed E-state index contributed by atoms with van der Waals surface area (Å²) in [5.74, 6) is -0.823. The number of nitrogens with zero attached hydrogens (tertiary/aromatic N) is 1. The van der Waals surface area contributed by atoms with E-state index >= 15 is 0 Å². The predicted molar refractivity (Wildman–Crippen MR) is 112 cm³/mol. The third-order valence-electron chi connectivity index (χ3n) is 5.24. The molecule has 10 heteroatoms. The van der Waals surface area contributed by atoms with Crippen LogP contribution >= 0.6 is 8.25 Å². The lowest BCUT2D eigenvalue weighted by molar-refractivity contribution is -0.201. The lowest BCUT2D eigenvalue weighted by Crippen LogP contribution is -2.40. The summed E-state index contributed by atoms with van der Waals surface area (Å²) in [6.07, 6.45) is 3.81. The second-order valence-corrected chi connectivity index (χ2v) is 9.15. The summed E-state index contributed by atoms with van der Waals surface area (Å²) in [6.45, 7) is 5.60. The molecule has 1 aromatic carbocycles. The van der Waals surface area contributed by atoms with Gasteiger partial charge >= 0.3 is 8.25 Å². The smallest absolute Gasteiger partial charge is 0.367 e. The number of primary amides is 1. The number of fused-ring (bicyclic) bond motifs is 1. The van der Waals surface area contributed by atoms with E-state index in [2.05, 4.69) is 0 Å². The van der Waals surface area contributed by atoms with Crippen LogP contribution in [0.15, 0.2) is 48.3 Å². The van der Waals surface area contributed by atoms with Gasteiger partial charge in [0.05, 0.1) is 6.61 Å². The molecule has 4 rings (SSSR count). The van der Waals surface area contributed by atoms with Gasteiger partial charge in [0.25, 0.3) is 0 Å². The predicted octanol–water partition coefficient (Wildman–Crippen LogP) is 2.61. The zero-order chi connectivity index (χ0) is 22.2. The fraction of sp³-hybridized carbons (Fsp3) is 0.476. The molecule has 2 saturated heterocycles. The maximum absolute atomic E-state index is 12.3. The Labute approximate surface area is 181 Å². The van der Waals surface area contributed by atoms with Crippen LogP contribution in [0.25, 0.3) is 0 Å². The first-order valence-corrected chi connectivity index (χ1v) is 11.3. The summed E-state index contributed by atoms with van der Waals surface area (Å²) in [4.78, 5) is 13.3. The van der Waals surface area contributed by atoms with E-state index in [0.717, 1.165) is 5.56 Å². The summed E-state index contributed by atoms with van der Waals surface area (Å²) < 4.78 is 41.4. The third kappa shape index (κ3) is 5.02. The van der Waals surface area contributed by atoms with Gasteiger partial charge < -0.3 is 29.4 Å². The molecule has 3 aliphatic heterocycles. The minimum absolute atomic E-state index is 0.00467. The molecule has 0 bridgehead atoms. The molecule has 1 amide bonds. The summed E-state index contributed by atoms with van der Waals surface area (Å²) in [7, 11) is -2.79. The van der Waals surface area contributed by atoms with E-state index in [1.807, 2.05) is 45.2 Å². The topological polar surface area (TPSA) is 110 Å². The minimum atomic E-state index is -2.79. The van der Waals surface area contributed by atoms with Crippen molar-refractivity contribution in [2.24, 2.45) is 5.73 Å². The van der Waals surface area contributed by atoms with Crippen LogP contribution in [0.3, 0.4) is 0 Å². The zero-order valence-corrected chi connectivity index (χ0v) is 18.6. The van der Waals surface area contributed by atoms with Crippen LogP contribution in [-0.2, 0) is 28.1 Å². The Morgan fingerprint density at radius 2 is 1.97 bits per heavy atom. The molecular weight excluding hydrogens is 423 g/mol. The Morgan fingerprint density at radius 1 is 1.26 bits per heavy atom. The molecule has 9 nitrogen and oxygen atoms in total. The lowest BCUT2D eigenvalue weighted by Gasteiger charge is -2.31. The number of rotatable bonds is 7.